The number of hydrogen-bond donors (Lipinski definition) is 2. The molecule has 1 fully saturated rings. The van der Waals surface area contributed by atoms with Crippen molar-refractivity contribution in [1.29, 1.82) is 0 Å². The summed E-state index contributed by atoms with van der Waals surface area (Å²) in [7, 11) is 0. The summed E-state index contributed by atoms with van der Waals surface area (Å²) in [6.45, 7) is 0. The van der Waals surface area contributed by atoms with E-state index in [4.69, 9.17) is 5.73 Å². The first kappa shape index (κ1) is 11.0. The first-order valence-electron chi connectivity index (χ1n) is 5.88. The van der Waals surface area contributed by atoms with E-state index in [0.29, 0.717) is 12.5 Å². The number of rotatable bonds is 4. The van der Waals surface area contributed by atoms with Crippen molar-refractivity contribution >= 4 is 11.6 Å². The zero-order chi connectivity index (χ0) is 11.4. The largest absolute Gasteiger partial charge is 0.382 e. The Hall–Kier alpha value is -1.51. The molecule has 0 unspecified atom stereocenters. The third-order valence-corrected chi connectivity index (χ3v) is 3.10. The third kappa shape index (κ3) is 2.75. The van der Waals surface area contributed by atoms with Crippen LogP contribution in [0.5, 0.6) is 0 Å². The molecule has 0 atom stereocenters. The van der Waals surface area contributed by atoms with Crippen molar-refractivity contribution in [3.63, 3.8) is 0 Å². The molecule has 1 amide bonds. The van der Waals surface area contributed by atoms with Crippen LogP contribution < -0.4 is 11.1 Å². The quantitative estimate of drug-likeness (QED) is 0.812. The highest BCUT2D eigenvalue weighted by molar-refractivity contribution is 5.78. The zero-order valence-corrected chi connectivity index (χ0v) is 9.41. The molecule has 0 bridgehead atoms. The molecular weight excluding hydrogens is 200 g/mol. The van der Waals surface area contributed by atoms with Gasteiger partial charge in [-0.25, -0.2) is 0 Å². The number of nitrogens with two attached hydrogens (primary N) is 1. The number of carbonyl (C=O) groups excluding carboxylic acids is 1. The number of benzene rings is 1. The highest BCUT2D eigenvalue weighted by atomic mass is 16.1. The van der Waals surface area contributed by atoms with E-state index in [2.05, 4.69) is 5.32 Å². The smallest absolute Gasteiger partial charge is 0.221 e. The fraction of sp³-hybridized carbons (Fsp3) is 0.462. The lowest BCUT2D eigenvalue weighted by molar-refractivity contribution is -0.117. The van der Waals surface area contributed by atoms with Gasteiger partial charge in [0, 0.05) is 11.7 Å². The summed E-state index contributed by atoms with van der Waals surface area (Å²) in [5.74, 6) is -0.277. The van der Waals surface area contributed by atoms with Gasteiger partial charge in [-0.15, -0.1) is 0 Å². The predicted molar refractivity (Wildman–Crippen MR) is 65.2 cm³/mol. The molecule has 3 nitrogen and oxygen atoms in total. The molecule has 16 heavy (non-hydrogen) atoms. The maximum atomic E-state index is 11.0. The van der Waals surface area contributed by atoms with Crippen molar-refractivity contribution in [2.24, 2.45) is 5.73 Å². The van der Waals surface area contributed by atoms with Crippen LogP contribution in [0.3, 0.4) is 0 Å². The van der Waals surface area contributed by atoms with E-state index in [1.165, 1.54) is 25.7 Å². The molecule has 3 heteroatoms. The van der Waals surface area contributed by atoms with Crippen LogP contribution in [0.25, 0.3) is 0 Å². The van der Waals surface area contributed by atoms with Gasteiger partial charge in [0.15, 0.2) is 0 Å². The molecule has 1 aliphatic carbocycles. The molecule has 0 aromatic heterocycles. The summed E-state index contributed by atoms with van der Waals surface area (Å²) in [6.07, 6.45) is 5.37. The molecule has 2 rings (SSSR count). The van der Waals surface area contributed by atoms with E-state index in [-0.39, 0.29) is 5.91 Å². The van der Waals surface area contributed by atoms with Crippen molar-refractivity contribution < 1.29 is 4.79 Å². The van der Waals surface area contributed by atoms with Crippen LogP contribution in [0.2, 0.25) is 0 Å². The molecule has 1 saturated carbocycles. The van der Waals surface area contributed by atoms with Gasteiger partial charge in [0.1, 0.15) is 0 Å². The Morgan fingerprint density at radius 1 is 1.31 bits per heavy atom. The van der Waals surface area contributed by atoms with Crippen LogP contribution >= 0.6 is 0 Å². The summed E-state index contributed by atoms with van der Waals surface area (Å²) in [6, 6.07) is 8.48. The highest BCUT2D eigenvalue weighted by Gasteiger charge is 2.15. The van der Waals surface area contributed by atoms with Crippen LogP contribution in [-0.2, 0) is 11.2 Å². The van der Waals surface area contributed by atoms with Gasteiger partial charge in [-0.3, -0.25) is 4.79 Å². The molecule has 1 aliphatic rings. The monoisotopic (exact) mass is 218 g/mol. The number of primary amides is 1. The number of nitrogens with one attached hydrogen (secondary N) is 1. The SMILES string of the molecule is NC(=O)Cc1ccccc1NC1CCCC1. The lowest BCUT2D eigenvalue weighted by Crippen LogP contribution is -2.18. The fourth-order valence-corrected chi connectivity index (χ4v) is 2.29. The predicted octanol–water partition coefficient (Wildman–Crippen LogP) is 2.07. The van der Waals surface area contributed by atoms with E-state index in [1.54, 1.807) is 0 Å². The molecule has 0 spiro atoms. The van der Waals surface area contributed by atoms with Crippen LogP contribution in [0, 0.1) is 0 Å². The lowest BCUT2D eigenvalue weighted by atomic mass is 10.1. The molecule has 1 aromatic carbocycles. The molecule has 0 aliphatic heterocycles. The summed E-state index contributed by atoms with van der Waals surface area (Å²) in [5.41, 5.74) is 7.30. The first-order chi connectivity index (χ1) is 7.75. The topological polar surface area (TPSA) is 55.1 Å². The van der Waals surface area contributed by atoms with Gasteiger partial charge in [-0.2, -0.15) is 0 Å². The molecule has 0 heterocycles. The molecule has 0 radical (unpaired) electrons. The van der Waals surface area contributed by atoms with E-state index in [0.717, 1.165) is 11.3 Å². The Bertz CT molecular complexity index is 370. The molecule has 1 aromatic rings. The highest BCUT2D eigenvalue weighted by Crippen LogP contribution is 2.24. The minimum absolute atomic E-state index is 0.277. The van der Waals surface area contributed by atoms with E-state index in [1.807, 2.05) is 24.3 Å². The maximum Gasteiger partial charge on any atom is 0.221 e. The Morgan fingerprint density at radius 3 is 2.69 bits per heavy atom. The van der Waals surface area contributed by atoms with Gasteiger partial charge in [0.05, 0.1) is 6.42 Å². The molecular formula is C13H18N2O. The van der Waals surface area contributed by atoms with Crippen LogP contribution in [-0.4, -0.2) is 11.9 Å². The van der Waals surface area contributed by atoms with Gasteiger partial charge in [-0.05, 0) is 24.5 Å². The fourth-order valence-electron chi connectivity index (χ4n) is 2.29. The van der Waals surface area contributed by atoms with Gasteiger partial charge >= 0.3 is 0 Å². The second kappa shape index (κ2) is 5.01. The number of carbonyl (C=O) groups is 1. The zero-order valence-electron chi connectivity index (χ0n) is 9.41. The van der Waals surface area contributed by atoms with E-state index in [9.17, 15) is 4.79 Å². The van der Waals surface area contributed by atoms with Crippen LogP contribution in [0.15, 0.2) is 24.3 Å². The Balaban J connectivity index is 2.09. The second-order valence-electron chi connectivity index (χ2n) is 4.43. The average Bonchev–Trinajstić information content (AvgIpc) is 2.73. The standard InChI is InChI=1S/C13H18N2O/c14-13(16)9-10-5-1-4-8-12(10)15-11-6-2-3-7-11/h1,4-5,8,11,15H,2-3,6-7,9H2,(H2,14,16). The van der Waals surface area contributed by atoms with Crippen molar-refractivity contribution in [3.8, 4) is 0 Å². The number of para-hydroxylation sites is 1. The number of anilines is 1. The Kier molecular flexibility index (Phi) is 3.44. The summed E-state index contributed by atoms with van der Waals surface area (Å²) in [5, 5.41) is 3.51. The minimum Gasteiger partial charge on any atom is -0.382 e. The minimum atomic E-state index is -0.277. The average molecular weight is 218 g/mol. The summed E-state index contributed by atoms with van der Waals surface area (Å²) in [4.78, 5) is 11.0. The van der Waals surface area contributed by atoms with Crippen molar-refractivity contribution in [2.45, 2.75) is 38.1 Å². The first-order valence-corrected chi connectivity index (χ1v) is 5.88. The van der Waals surface area contributed by atoms with Crippen molar-refractivity contribution in [1.82, 2.24) is 0 Å². The molecule has 0 saturated heterocycles. The normalized spacial score (nSPS) is 16.2. The molecule has 3 N–H and O–H groups in total. The van der Waals surface area contributed by atoms with E-state index >= 15 is 0 Å². The third-order valence-electron chi connectivity index (χ3n) is 3.10. The van der Waals surface area contributed by atoms with Crippen molar-refractivity contribution in [2.75, 3.05) is 5.32 Å². The number of amides is 1. The van der Waals surface area contributed by atoms with Crippen LogP contribution in [0.4, 0.5) is 5.69 Å². The summed E-state index contributed by atoms with van der Waals surface area (Å²) >= 11 is 0. The number of hydrogen-bond acceptors (Lipinski definition) is 2. The summed E-state index contributed by atoms with van der Waals surface area (Å²) < 4.78 is 0. The van der Waals surface area contributed by atoms with Gasteiger partial charge < -0.3 is 11.1 Å². The van der Waals surface area contributed by atoms with Crippen LogP contribution in [0.1, 0.15) is 31.2 Å². The van der Waals surface area contributed by atoms with Gasteiger partial charge in [0.2, 0.25) is 5.91 Å². The van der Waals surface area contributed by atoms with Gasteiger partial charge in [-0.1, -0.05) is 31.0 Å². The maximum absolute atomic E-state index is 11.0. The Labute approximate surface area is 96.0 Å². The lowest BCUT2D eigenvalue weighted by Gasteiger charge is -2.16. The van der Waals surface area contributed by atoms with E-state index < -0.39 is 0 Å². The molecule has 86 valence electrons. The second-order valence-corrected chi connectivity index (χ2v) is 4.43. The Morgan fingerprint density at radius 2 is 2.00 bits per heavy atom. The van der Waals surface area contributed by atoms with Crippen molar-refractivity contribution in [3.05, 3.63) is 29.8 Å². The van der Waals surface area contributed by atoms with Gasteiger partial charge in [0.25, 0.3) is 0 Å².